The Morgan fingerprint density at radius 3 is 2.82 bits per heavy atom. The molecule has 1 nitrogen and oxygen atoms in total. The summed E-state index contributed by atoms with van der Waals surface area (Å²) in [7, 11) is 0. The van der Waals surface area contributed by atoms with Crippen molar-refractivity contribution in [3.8, 4) is 5.75 Å². The van der Waals surface area contributed by atoms with E-state index in [1.54, 1.807) is 0 Å². The van der Waals surface area contributed by atoms with E-state index in [1.165, 1.54) is 22.0 Å². The summed E-state index contributed by atoms with van der Waals surface area (Å²) in [5.74, 6) is 1.80. The van der Waals surface area contributed by atoms with Crippen molar-refractivity contribution in [2.75, 3.05) is 6.61 Å². The number of benzene rings is 1. The van der Waals surface area contributed by atoms with Crippen molar-refractivity contribution in [1.82, 2.24) is 0 Å². The summed E-state index contributed by atoms with van der Waals surface area (Å²) in [6.07, 6.45) is 3.32. The molecule has 1 aliphatic heterocycles. The van der Waals surface area contributed by atoms with Gasteiger partial charge in [0.05, 0.1) is 6.61 Å². The van der Waals surface area contributed by atoms with Crippen molar-refractivity contribution in [3.63, 3.8) is 0 Å². The molecule has 0 N–H and O–H groups in total. The van der Waals surface area contributed by atoms with Gasteiger partial charge in [-0.25, -0.2) is 0 Å². The fourth-order valence-electron chi connectivity index (χ4n) is 2.41. The van der Waals surface area contributed by atoms with Crippen LogP contribution in [-0.2, 0) is 12.8 Å². The molecule has 2 rings (SSSR count). The summed E-state index contributed by atoms with van der Waals surface area (Å²) in [5, 5.41) is 0. The van der Waals surface area contributed by atoms with Gasteiger partial charge >= 0.3 is 0 Å². The van der Waals surface area contributed by atoms with Crippen LogP contribution in [0.4, 0.5) is 0 Å². The van der Waals surface area contributed by atoms with Gasteiger partial charge in [-0.3, -0.25) is 0 Å². The maximum Gasteiger partial charge on any atom is 0.125 e. The van der Waals surface area contributed by atoms with Gasteiger partial charge in [-0.15, -0.1) is 0 Å². The summed E-state index contributed by atoms with van der Waals surface area (Å²) in [6, 6.07) is 4.40. The first-order valence-corrected chi connectivity index (χ1v) is 7.90. The van der Waals surface area contributed by atoms with Gasteiger partial charge in [0.1, 0.15) is 5.75 Å². The molecule has 1 heterocycles. The molecular weight excluding hydrogens is 344 g/mol. The molecule has 3 heteroatoms. The first-order chi connectivity index (χ1) is 8.11. The lowest BCUT2D eigenvalue weighted by Crippen LogP contribution is -2.13. The van der Waals surface area contributed by atoms with Crippen LogP contribution in [-0.4, -0.2) is 11.4 Å². The van der Waals surface area contributed by atoms with Crippen LogP contribution in [0.2, 0.25) is 0 Å². The summed E-state index contributed by atoms with van der Waals surface area (Å²) >= 11 is 7.30. The zero-order valence-corrected chi connectivity index (χ0v) is 13.5. The summed E-state index contributed by atoms with van der Waals surface area (Å²) in [5.41, 5.74) is 2.71. The number of halogens is 2. The Morgan fingerprint density at radius 1 is 1.41 bits per heavy atom. The van der Waals surface area contributed by atoms with E-state index in [1.807, 2.05) is 0 Å². The van der Waals surface area contributed by atoms with Gasteiger partial charge in [0.15, 0.2) is 0 Å². The summed E-state index contributed by atoms with van der Waals surface area (Å²) in [6.45, 7) is 5.31. The van der Waals surface area contributed by atoms with Crippen molar-refractivity contribution in [2.45, 2.75) is 37.9 Å². The number of hydrogen-bond donors (Lipinski definition) is 0. The SMILES string of the molecule is CCC(Cc1cc(Br)cc2c1OCC2)C(C)Br. The zero-order valence-electron chi connectivity index (χ0n) is 10.3. The van der Waals surface area contributed by atoms with Gasteiger partial charge in [-0.1, -0.05) is 52.1 Å². The molecule has 2 unspecified atom stereocenters. The van der Waals surface area contributed by atoms with E-state index in [0.29, 0.717) is 10.7 Å². The molecule has 94 valence electrons. The van der Waals surface area contributed by atoms with Crippen LogP contribution in [0.1, 0.15) is 31.4 Å². The van der Waals surface area contributed by atoms with Gasteiger partial charge in [-0.05, 0) is 35.6 Å². The molecule has 0 fully saturated rings. The summed E-state index contributed by atoms with van der Waals surface area (Å²) in [4.78, 5) is 0.545. The van der Waals surface area contributed by atoms with E-state index >= 15 is 0 Å². The van der Waals surface area contributed by atoms with E-state index in [9.17, 15) is 0 Å². The van der Waals surface area contributed by atoms with Gasteiger partial charge < -0.3 is 4.74 Å². The van der Waals surface area contributed by atoms with E-state index in [4.69, 9.17) is 4.74 Å². The number of fused-ring (bicyclic) bond motifs is 1. The predicted octanol–water partition coefficient (Wildman–Crippen LogP) is 4.74. The second-order valence-corrected chi connectivity index (χ2v) is 7.06. The average Bonchev–Trinajstić information content (AvgIpc) is 2.72. The lowest BCUT2D eigenvalue weighted by Gasteiger charge is -2.19. The van der Waals surface area contributed by atoms with Crippen LogP contribution < -0.4 is 4.74 Å². The van der Waals surface area contributed by atoms with Crippen LogP contribution >= 0.6 is 31.9 Å². The first-order valence-electron chi connectivity index (χ1n) is 6.20. The molecule has 17 heavy (non-hydrogen) atoms. The second-order valence-electron chi connectivity index (χ2n) is 4.70. The van der Waals surface area contributed by atoms with Crippen molar-refractivity contribution in [2.24, 2.45) is 5.92 Å². The largest absolute Gasteiger partial charge is 0.493 e. The highest BCUT2D eigenvalue weighted by Crippen LogP contribution is 2.35. The Bertz CT molecular complexity index is 401. The van der Waals surface area contributed by atoms with E-state index < -0.39 is 0 Å². The molecule has 0 aromatic heterocycles. The third kappa shape index (κ3) is 3.05. The Balaban J connectivity index is 2.26. The molecule has 0 saturated carbocycles. The quantitative estimate of drug-likeness (QED) is 0.704. The van der Waals surface area contributed by atoms with Crippen molar-refractivity contribution in [3.05, 3.63) is 27.7 Å². The minimum absolute atomic E-state index is 0.545. The topological polar surface area (TPSA) is 9.23 Å². The fourth-order valence-corrected chi connectivity index (χ4v) is 3.53. The standard InChI is InChI=1S/C14H18Br2O/c1-3-10(9(2)15)6-12-8-13(16)7-11-4-5-17-14(11)12/h7-10H,3-6H2,1-2H3. The minimum atomic E-state index is 0.545. The highest BCUT2D eigenvalue weighted by Gasteiger charge is 2.21. The number of alkyl halides is 1. The smallest absolute Gasteiger partial charge is 0.125 e. The zero-order chi connectivity index (χ0) is 12.4. The molecule has 0 aliphatic carbocycles. The van der Waals surface area contributed by atoms with E-state index in [2.05, 4.69) is 57.8 Å². The van der Waals surface area contributed by atoms with Crippen molar-refractivity contribution in [1.29, 1.82) is 0 Å². The van der Waals surface area contributed by atoms with Gasteiger partial charge in [0.25, 0.3) is 0 Å². The molecule has 0 bridgehead atoms. The number of rotatable bonds is 4. The van der Waals surface area contributed by atoms with Gasteiger partial charge in [0, 0.05) is 15.7 Å². The molecule has 0 radical (unpaired) electrons. The highest BCUT2D eigenvalue weighted by molar-refractivity contribution is 9.10. The Labute approximate surface area is 120 Å². The van der Waals surface area contributed by atoms with E-state index in [-0.39, 0.29) is 0 Å². The molecule has 1 aromatic carbocycles. The Morgan fingerprint density at radius 2 is 2.18 bits per heavy atom. The van der Waals surface area contributed by atoms with Crippen LogP contribution in [0.5, 0.6) is 5.75 Å². The number of ether oxygens (including phenoxy) is 1. The fraction of sp³-hybridized carbons (Fsp3) is 0.571. The van der Waals surface area contributed by atoms with Crippen LogP contribution in [0, 0.1) is 5.92 Å². The summed E-state index contributed by atoms with van der Waals surface area (Å²) < 4.78 is 6.95. The van der Waals surface area contributed by atoms with Crippen LogP contribution in [0.3, 0.4) is 0 Å². The van der Waals surface area contributed by atoms with Crippen molar-refractivity contribution >= 4 is 31.9 Å². The molecule has 0 spiro atoms. The van der Waals surface area contributed by atoms with Crippen LogP contribution in [0.15, 0.2) is 16.6 Å². The predicted molar refractivity (Wildman–Crippen MR) is 79.2 cm³/mol. The average molecular weight is 362 g/mol. The molecule has 0 amide bonds. The molecule has 2 atom stereocenters. The molecule has 1 aromatic rings. The van der Waals surface area contributed by atoms with Crippen LogP contribution in [0.25, 0.3) is 0 Å². The second kappa shape index (κ2) is 5.75. The Hall–Kier alpha value is -0.0200. The lowest BCUT2D eigenvalue weighted by molar-refractivity contribution is 0.350. The molecule has 0 saturated heterocycles. The maximum absolute atomic E-state index is 5.77. The molecule has 1 aliphatic rings. The number of hydrogen-bond acceptors (Lipinski definition) is 1. The maximum atomic E-state index is 5.77. The van der Waals surface area contributed by atoms with E-state index in [0.717, 1.165) is 25.2 Å². The first kappa shape index (κ1) is 13.4. The lowest BCUT2D eigenvalue weighted by atomic mass is 9.93. The minimum Gasteiger partial charge on any atom is -0.493 e. The normalized spacial score (nSPS) is 17.4. The third-order valence-electron chi connectivity index (χ3n) is 3.48. The van der Waals surface area contributed by atoms with Crippen molar-refractivity contribution < 1.29 is 4.74 Å². The van der Waals surface area contributed by atoms with Gasteiger partial charge in [-0.2, -0.15) is 0 Å². The third-order valence-corrected chi connectivity index (χ3v) is 4.69. The highest BCUT2D eigenvalue weighted by atomic mass is 79.9. The monoisotopic (exact) mass is 360 g/mol. The molecular formula is C14H18Br2O. The van der Waals surface area contributed by atoms with Gasteiger partial charge in [0.2, 0.25) is 0 Å². The Kier molecular flexibility index (Phi) is 4.53.